The molecule has 0 amide bonds. The van der Waals surface area contributed by atoms with Gasteiger partial charge in [-0.2, -0.15) is 5.47 Å². The highest BCUT2D eigenvalue weighted by Gasteiger charge is 2.25. The van der Waals surface area contributed by atoms with Gasteiger partial charge in [0.15, 0.2) is 0 Å². The van der Waals surface area contributed by atoms with Gasteiger partial charge in [0.1, 0.15) is 0 Å². The van der Waals surface area contributed by atoms with Crippen LogP contribution >= 0.6 is 0 Å². The smallest absolute Gasteiger partial charge is 0.404 e. The molecule has 0 heterocycles. The lowest BCUT2D eigenvalue weighted by atomic mass is 9.70. The highest BCUT2D eigenvalue weighted by Crippen LogP contribution is 2.14. The Morgan fingerprint density at radius 2 is 1.40 bits per heavy atom. The molecule has 0 spiro atoms. The van der Waals surface area contributed by atoms with Gasteiger partial charge < -0.3 is 14.0 Å². The second kappa shape index (κ2) is 3.76. The van der Waals surface area contributed by atoms with Gasteiger partial charge in [-0.25, -0.2) is 0 Å². The van der Waals surface area contributed by atoms with Crippen LogP contribution in [-0.4, -0.2) is 28.1 Å². The fraction of sp³-hybridized carbons (Fsp3) is 0.667. The second-order valence-electron chi connectivity index (χ2n) is 2.20. The Balaban J connectivity index is 4.31. The lowest BCUT2D eigenvalue weighted by Crippen LogP contribution is -2.44. The summed E-state index contributed by atoms with van der Waals surface area (Å²) >= 11 is 0. The largest absolute Gasteiger partial charge is 0.543 e. The third-order valence-corrected chi connectivity index (χ3v) is 1.53. The van der Waals surface area contributed by atoms with E-state index in [-0.39, 0.29) is 0 Å². The molecule has 0 bridgehead atoms. The van der Waals surface area contributed by atoms with E-state index in [1.807, 2.05) is 0 Å². The first-order valence-corrected chi connectivity index (χ1v) is 3.07. The van der Waals surface area contributed by atoms with Crippen LogP contribution in [0, 0.1) is 0 Å². The molecule has 60 valence electrons. The van der Waals surface area contributed by atoms with Crippen LogP contribution in [0.2, 0.25) is 0 Å². The lowest BCUT2D eigenvalue weighted by Gasteiger charge is -2.37. The second-order valence-corrected chi connectivity index (χ2v) is 2.20. The van der Waals surface area contributed by atoms with Crippen molar-refractivity contribution in [3.63, 3.8) is 0 Å². The number of hydrogen-bond donors (Lipinski definition) is 0. The summed E-state index contributed by atoms with van der Waals surface area (Å²) in [6, 6.07) is 0. The maximum absolute atomic E-state index is 5.02. The summed E-state index contributed by atoms with van der Waals surface area (Å²) in [6.45, 7) is 3.79. The van der Waals surface area contributed by atoms with Crippen LogP contribution in [0.3, 0.4) is 0 Å². The van der Waals surface area contributed by atoms with Crippen molar-refractivity contribution < 1.29 is 14.0 Å². The minimum atomic E-state index is -1.71. The summed E-state index contributed by atoms with van der Waals surface area (Å²) < 4.78 is 15.0. The van der Waals surface area contributed by atoms with Crippen LogP contribution < -0.4 is 0 Å². The average molecular weight is 145 g/mol. The van der Waals surface area contributed by atoms with E-state index in [1.54, 1.807) is 6.92 Å². The van der Waals surface area contributed by atoms with Gasteiger partial charge in [0.25, 0.3) is 0 Å². The third kappa shape index (κ3) is 1.59. The molecule has 0 radical (unpaired) electrons. The molecule has 0 aliphatic heterocycles. The molecule has 0 unspecified atom stereocenters. The Morgan fingerprint density at radius 1 is 1.10 bits per heavy atom. The van der Waals surface area contributed by atoms with E-state index in [2.05, 4.69) is 6.58 Å². The summed E-state index contributed by atoms with van der Waals surface area (Å²) in [4.78, 5) is 0. The minimum Gasteiger partial charge on any atom is -0.543 e. The molecule has 10 heavy (non-hydrogen) atoms. The first-order chi connectivity index (χ1) is 4.63. The molecule has 0 aromatic heterocycles. The molecular weight excluding hydrogens is 131 g/mol. The van der Waals surface area contributed by atoms with E-state index in [1.165, 1.54) is 21.3 Å². The Morgan fingerprint density at radius 3 is 1.40 bits per heavy atom. The van der Waals surface area contributed by atoms with Crippen molar-refractivity contribution in [2.75, 3.05) is 21.3 Å². The maximum atomic E-state index is 5.02. The van der Waals surface area contributed by atoms with Crippen LogP contribution in [0.15, 0.2) is 12.1 Å². The standard InChI is InChI=1S/C6H14BO3/c1-6(2)7(8-3,9-4)10-5/h1H2,2-5H3/q-1. The summed E-state index contributed by atoms with van der Waals surface area (Å²) in [5.41, 5.74) is 0.743. The molecule has 4 heteroatoms. The Labute approximate surface area is 62.0 Å². The third-order valence-electron chi connectivity index (χ3n) is 1.53. The topological polar surface area (TPSA) is 27.7 Å². The van der Waals surface area contributed by atoms with Crippen molar-refractivity contribution in [3.8, 4) is 0 Å². The van der Waals surface area contributed by atoms with E-state index in [0.717, 1.165) is 5.47 Å². The summed E-state index contributed by atoms with van der Waals surface area (Å²) in [5, 5.41) is 0. The molecular formula is C6H14BO3-. The van der Waals surface area contributed by atoms with E-state index in [0.29, 0.717) is 0 Å². The first-order valence-electron chi connectivity index (χ1n) is 3.07. The van der Waals surface area contributed by atoms with Crippen molar-refractivity contribution in [3.05, 3.63) is 12.1 Å². The van der Waals surface area contributed by atoms with E-state index >= 15 is 0 Å². The number of rotatable bonds is 4. The summed E-state index contributed by atoms with van der Waals surface area (Å²) in [7, 11) is 4.59. The molecule has 0 fully saturated rings. The van der Waals surface area contributed by atoms with Gasteiger partial charge in [0.2, 0.25) is 0 Å². The zero-order valence-corrected chi connectivity index (χ0v) is 7.01. The van der Waals surface area contributed by atoms with Crippen LogP contribution in [0.1, 0.15) is 6.92 Å². The van der Waals surface area contributed by atoms with Crippen LogP contribution in [-0.2, 0) is 14.0 Å². The van der Waals surface area contributed by atoms with Gasteiger partial charge in [0.05, 0.1) is 0 Å². The van der Waals surface area contributed by atoms with Crippen LogP contribution in [0.5, 0.6) is 0 Å². The van der Waals surface area contributed by atoms with Crippen molar-refractivity contribution >= 4 is 6.75 Å². The summed E-state index contributed by atoms with van der Waals surface area (Å²) in [6.07, 6.45) is 0. The molecule has 0 saturated carbocycles. The zero-order valence-electron chi connectivity index (χ0n) is 7.01. The van der Waals surface area contributed by atoms with Gasteiger partial charge in [-0.05, 0) is 21.3 Å². The normalized spacial score (nSPS) is 11.6. The maximum Gasteiger partial charge on any atom is 0.404 e. The van der Waals surface area contributed by atoms with E-state index < -0.39 is 6.75 Å². The van der Waals surface area contributed by atoms with Gasteiger partial charge in [0, 0.05) is 0 Å². The fourth-order valence-electron chi connectivity index (χ4n) is 0.892. The quantitative estimate of drug-likeness (QED) is 0.551. The summed E-state index contributed by atoms with van der Waals surface area (Å²) in [5.74, 6) is 0. The van der Waals surface area contributed by atoms with E-state index in [4.69, 9.17) is 14.0 Å². The van der Waals surface area contributed by atoms with Crippen molar-refractivity contribution in [1.82, 2.24) is 0 Å². The monoisotopic (exact) mass is 145 g/mol. The molecule has 0 saturated heterocycles. The molecule has 0 aliphatic rings. The van der Waals surface area contributed by atoms with Gasteiger partial charge in [-0.3, -0.25) is 0 Å². The number of hydrogen-bond acceptors (Lipinski definition) is 3. The molecule has 0 atom stereocenters. The Kier molecular flexibility index (Phi) is 3.64. The number of allylic oxidation sites excluding steroid dienone is 1. The molecule has 0 aliphatic carbocycles. The van der Waals surface area contributed by atoms with Gasteiger partial charge in [-0.1, -0.05) is 6.92 Å². The highest BCUT2D eigenvalue weighted by molar-refractivity contribution is 6.68. The molecule has 0 aromatic carbocycles. The minimum absolute atomic E-state index is 0.743. The van der Waals surface area contributed by atoms with Crippen LogP contribution in [0.25, 0.3) is 0 Å². The van der Waals surface area contributed by atoms with Crippen molar-refractivity contribution in [1.29, 1.82) is 0 Å². The fourth-order valence-corrected chi connectivity index (χ4v) is 0.892. The predicted octanol–water partition coefficient (Wildman–Crippen LogP) is 0.980. The first kappa shape index (κ1) is 9.68. The van der Waals surface area contributed by atoms with Gasteiger partial charge >= 0.3 is 6.75 Å². The van der Waals surface area contributed by atoms with Crippen LogP contribution in [0.4, 0.5) is 0 Å². The predicted molar refractivity (Wildman–Crippen MR) is 41.6 cm³/mol. The highest BCUT2D eigenvalue weighted by atomic mass is 16.7. The molecule has 0 N–H and O–H groups in total. The SMILES string of the molecule is C=C(C)[B-](OC)(OC)OC. The molecule has 0 aromatic rings. The lowest BCUT2D eigenvalue weighted by molar-refractivity contribution is 0.134. The Bertz CT molecular complexity index is 112. The van der Waals surface area contributed by atoms with Crippen molar-refractivity contribution in [2.45, 2.75) is 6.92 Å². The molecule has 0 rings (SSSR count). The van der Waals surface area contributed by atoms with E-state index in [9.17, 15) is 0 Å². The average Bonchev–Trinajstić information content (AvgIpc) is 1.92. The van der Waals surface area contributed by atoms with Crippen molar-refractivity contribution in [2.24, 2.45) is 0 Å². The zero-order chi connectivity index (χ0) is 8.20. The van der Waals surface area contributed by atoms with Gasteiger partial charge in [-0.15, -0.1) is 6.58 Å². The molecule has 3 nitrogen and oxygen atoms in total. The Hall–Kier alpha value is -0.315.